The molecule has 2 unspecified atom stereocenters. The van der Waals surface area contributed by atoms with Gasteiger partial charge in [-0.15, -0.1) is 23.2 Å². The molecule has 0 spiro atoms. The average Bonchev–Trinajstić information content (AvgIpc) is 3.43. The Balaban J connectivity index is 1.58. The Kier molecular flexibility index (Phi) is 7.76. The smallest absolute Gasteiger partial charge is 0.326 e. The number of nitrogens with one attached hydrogen (secondary N) is 2. The van der Waals surface area contributed by atoms with Crippen LogP contribution in [-0.4, -0.2) is 16.1 Å². The van der Waals surface area contributed by atoms with Crippen LogP contribution in [0.1, 0.15) is 33.0 Å². The molecule has 0 heterocycles. The van der Waals surface area contributed by atoms with Crippen molar-refractivity contribution in [3.63, 3.8) is 0 Å². The van der Waals surface area contributed by atoms with Crippen molar-refractivity contribution in [2.45, 2.75) is 22.6 Å². The van der Waals surface area contributed by atoms with E-state index in [0.29, 0.717) is 12.1 Å². The monoisotopic (exact) mass is 630 g/mol. The lowest BCUT2D eigenvalue weighted by atomic mass is 10.0. The molecule has 0 saturated heterocycles. The Bertz CT molecular complexity index is 1460. The van der Waals surface area contributed by atoms with E-state index in [-0.39, 0.29) is 22.3 Å². The molecule has 15 heteroatoms. The maximum absolute atomic E-state index is 13.9. The van der Waals surface area contributed by atoms with Crippen molar-refractivity contribution in [3.05, 3.63) is 93.5 Å². The molecular weight excluding hydrogens is 619 g/mol. The summed E-state index contributed by atoms with van der Waals surface area (Å²) in [5.41, 5.74) is -4.96. The fraction of sp³-hybridized carbons (Fsp3) is 0.200. The van der Waals surface area contributed by atoms with Gasteiger partial charge in [-0.3, -0.25) is 9.59 Å². The third-order valence-electron chi connectivity index (χ3n) is 5.98. The number of carbonyl (C=O) groups is 2. The minimum absolute atomic E-state index is 0.0709. The number of hydrogen-bond donors (Lipinski definition) is 2. The van der Waals surface area contributed by atoms with E-state index in [1.54, 1.807) is 0 Å². The molecule has 4 rings (SSSR count). The van der Waals surface area contributed by atoms with Gasteiger partial charge in [0.15, 0.2) is 0 Å². The summed E-state index contributed by atoms with van der Waals surface area (Å²) in [6.45, 7) is 0. The fourth-order valence-electron chi connectivity index (χ4n) is 4.02. The van der Waals surface area contributed by atoms with Crippen LogP contribution in [0.15, 0.2) is 54.6 Å². The van der Waals surface area contributed by atoms with Gasteiger partial charge in [-0.05, 0) is 54.1 Å². The minimum Gasteiger partial charge on any atom is -0.326 e. The van der Waals surface area contributed by atoms with Gasteiger partial charge in [0, 0.05) is 11.6 Å². The number of halogens is 11. The van der Waals surface area contributed by atoms with Crippen molar-refractivity contribution in [1.82, 2.24) is 0 Å². The SMILES string of the molecule is O=C(Nc1c(F)cccc1F)c1cc(NC(=O)C2C(c3cc(C(F)(F)F)cc(C(F)(F)F)c3)C2(Cl)Cl)ccc1Cl. The Morgan fingerprint density at radius 2 is 1.35 bits per heavy atom. The van der Waals surface area contributed by atoms with E-state index in [2.05, 4.69) is 5.32 Å². The number of alkyl halides is 8. The number of hydrogen-bond acceptors (Lipinski definition) is 2. The van der Waals surface area contributed by atoms with E-state index in [1.165, 1.54) is 6.07 Å². The molecule has 3 aromatic carbocycles. The number of anilines is 2. The van der Waals surface area contributed by atoms with E-state index >= 15 is 0 Å². The third-order valence-corrected chi connectivity index (χ3v) is 7.25. The number of benzene rings is 3. The summed E-state index contributed by atoms with van der Waals surface area (Å²) in [7, 11) is 0. The van der Waals surface area contributed by atoms with Gasteiger partial charge in [-0.1, -0.05) is 17.7 Å². The Morgan fingerprint density at radius 1 is 0.800 bits per heavy atom. The van der Waals surface area contributed by atoms with Crippen molar-refractivity contribution in [2.24, 2.45) is 5.92 Å². The van der Waals surface area contributed by atoms with Gasteiger partial charge in [0.25, 0.3) is 5.91 Å². The van der Waals surface area contributed by atoms with Gasteiger partial charge >= 0.3 is 12.4 Å². The molecule has 0 radical (unpaired) electrons. The first-order chi connectivity index (χ1) is 18.4. The maximum Gasteiger partial charge on any atom is 0.416 e. The highest BCUT2D eigenvalue weighted by Gasteiger charge is 2.68. The molecule has 0 aromatic heterocycles. The van der Waals surface area contributed by atoms with E-state index < -0.39 is 74.3 Å². The minimum atomic E-state index is -5.13. The van der Waals surface area contributed by atoms with Gasteiger partial charge in [0.2, 0.25) is 5.91 Å². The molecule has 3 aromatic rings. The average molecular weight is 632 g/mol. The predicted molar refractivity (Wildman–Crippen MR) is 132 cm³/mol. The quantitative estimate of drug-likeness (QED) is 0.219. The first-order valence-corrected chi connectivity index (χ1v) is 12.1. The van der Waals surface area contributed by atoms with Gasteiger partial charge in [-0.2, -0.15) is 26.3 Å². The van der Waals surface area contributed by atoms with Gasteiger partial charge in [0.1, 0.15) is 21.7 Å². The van der Waals surface area contributed by atoms with Crippen LogP contribution in [-0.2, 0) is 17.1 Å². The molecule has 0 aliphatic heterocycles. The Hall–Kier alpha value is -3.09. The standard InChI is InChI=1S/C25H13Cl3F8N2O2/c26-15-5-4-13(9-14(15)21(39)38-20-16(29)2-1-3-17(20)30)37-22(40)19-18(23(19,27)28)10-6-11(24(31,32)33)8-12(7-10)25(34,35)36/h1-9,18-19H,(H,37,40)(H,38,39). The summed E-state index contributed by atoms with van der Waals surface area (Å²) in [5.74, 6) is -7.12. The highest BCUT2D eigenvalue weighted by Crippen LogP contribution is 2.65. The number of carbonyl (C=O) groups excluding carboxylic acids is 2. The predicted octanol–water partition coefficient (Wildman–Crippen LogP) is 8.43. The van der Waals surface area contributed by atoms with Crippen molar-refractivity contribution in [2.75, 3.05) is 10.6 Å². The van der Waals surface area contributed by atoms with Crippen LogP contribution in [0.25, 0.3) is 0 Å². The second-order valence-corrected chi connectivity index (χ2v) is 10.6. The maximum atomic E-state index is 13.9. The van der Waals surface area contributed by atoms with Gasteiger partial charge in [-0.25, -0.2) is 8.78 Å². The van der Waals surface area contributed by atoms with Crippen molar-refractivity contribution >= 4 is 58.0 Å². The molecule has 2 atom stereocenters. The Morgan fingerprint density at radius 3 is 1.88 bits per heavy atom. The summed E-state index contributed by atoms with van der Waals surface area (Å²) in [5, 5.41) is 4.16. The lowest BCUT2D eigenvalue weighted by Gasteiger charge is -2.14. The number of rotatable bonds is 5. The Labute approximate surface area is 235 Å². The molecule has 2 N–H and O–H groups in total. The summed E-state index contributed by atoms with van der Waals surface area (Å²) < 4.78 is 105. The summed E-state index contributed by atoms with van der Waals surface area (Å²) in [6.07, 6.45) is -10.3. The molecule has 212 valence electrons. The highest BCUT2D eigenvalue weighted by atomic mass is 35.5. The van der Waals surface area contributed by atoms with E-state index in [9.17, 15) is 44.7 Å². The molecule has 0 bridgehead atoms. The zero-order valence-electron chi connectivity index (χ0n) is 19.3. The van der Waals surface area contributed by atoms with E-state index in [1.807, 2.05) is 5.32 Å². The van der Waals surface area contributed by atoms with Crippen LogP contribution < -0.4 is 10.6 Å². The van der Waals surface area contributed by atoms with Crippen molar-refractivity contribution in [1.29, 1.82) is 0 Å². The van der Waals surface area contributed by atoms with Gasteiger partial charge < -0.3 is 10.6 Å². The first-order valence-electron chi connectivity index (χ1n) is 10.9. The molecular formula is C25H13Cl3F8N2O2. The number of para-hydroxylation sites is 1. The van der Waals surface area contributed by atoms with E-state index in [0.717, 1.165) is 30.3 Å². The second kappa shape index (κ2) is 10.4. The highest BCUT2D eigenvalue weighted by molar-refractivity contribution is 6.53. The van der Waals surface area contributed by atoms with Crippen LogP contribution in [0.2, 0.25) is 5.02 Å². The molecule has 4 nitrogen and oxygen atoms in total. The van der Waals surface area contributed by atoms with Crippen LogP contribution in [0.4, 0.5) is 46.5 Å². The van der Waals surface area contributed by atoms with Crippen molar-refractivity contribution in [3.8, 4) is 0 Å². The van der Waals surface area contributed by atoms with Crippen LogP contribution in [0.5, 0.6) is 0 Å². The normalized spacial score (nSPS) is 18.3. The molecule has 40 heavy (non-hydrogen) atoms. The lowest BCUT2D eigenvalue weighted by molar-refractivity contribution is -0.143. The zero-order chi connectivity index (χ0) is 29.8. The topological polar surface area (TPSA) is 58.2 Å². The molecule has 1 saturated carbocycles. The zero-order valence-corrected chi connectivity index (χ0v) is 21.6. The van der Waals surface area contributed by atoms with E-state index in [4.69, 9.17) is 34.8 Å². The second-order valence-electron chi connectivity index (χ2n) is 8.70. The summed E-state index contributed by atoms with van der Waals surface area (Å²) in [4.78, 5) is 25.5. The fourth-order valence-corrected chi connectivity index (χ4v) is 5.05. The van der Waals surface area contributed by atoms with Crippen LogP contribution in [0, 0.1) is 17.6 Å². The third kappa shape index (κ3) is 5.98. The molecule has 1 fully saturated rings. The summed E-state index contributed by atoms with van der Waals surface area (Å²) >= 11 is 18.2. The van der Waals surface area contributed by atoms with Gasteiger partial charge in [0.05, 0.1) is 27.6 Å². The van der Waals surface area contributed by atoms with Crippen molar-refractivity contribution < 1.29 is 44.7 Å². The largest absolute Gasteiger partial charge is 0.416 e. The molecule has 1 aliphatic rings. The van der Waals surface area contributed by atoms with Crippen LogP contribution >= 0.6 is 34.8 Å². The molecule has 2 amide bonds. The lowest BCUT2D eigenvalue weighted by Crippen LogP contribution is -2.19. The first kappa shape index (κ1) is 29.9. The summed E-state index contributed by atoms with van der Waals surface area (Å²) in [6, 6.07) is 7.06. The molecule has 1 aliphatic carbocycles. The number of amides is 2. The van der Waals surface area contributed by atoms with Crippen LogP contribution in [0.3, 0.4) is 0 Å².